The van der Waals surface area contributed by atoms with Gasteiger partial charge in [-0.15, -0.1) is 0 Å². The molecule has 0 spiro atoms. The standard InChI is InChI=1S/C16H17NO5/c18-15(11-3-1-2-4-12(11)16(19)20)17-8-10-5-6-13-14(7-10)22-9-21-13/h1-2,5-7,11-12H,3-4,8-9H2,(H,17,18)(H,19,20)/t11-,12-/m1/s1. The molecule has 6 heteroatoms. The number of allylic oxidation sites excluding steroid dienone is 2. The number of carbonyl (C=O) groups excluding carboxylic acids is 1. The molecule has 1 aromatic rings. The monoisotopic (exact) mass is 303 g/mol. The Morgan fingerprint density at radius 1 is 1.14 bits per heavy atom. The smallest absolute Gasteiger partial charge is 0.307 e. The Bertz CT molecular complexity index is 625. The lowest BCUT2D eigenvalue weighted by Gasteiger charge is -2.24. The van der Waals surface area contributed by atoms with Crippen molar-refractivity contribution in [1.29, 1.82) is 0 Å². The Hall–Kier alpha value is -2.50. The molecule has 2 atom stereocenters. The summed E-state index contributed by atoms with van der Waals surface area (Å²) in [6, 6.07) is 5.47. The van der Waals surface area contributed by atoms with E-state index in [1.54, 1.807) is 6.07 Å². The van der Waals surface area contributed by atoms with Crippen molar-refractivity contribution in [1.82, 2.24) is 5.32 Å². The van der Waals surface area contributed by atoms with Crippen molar-refractivity contribution in [2.24, 2.45) is 11.8 Å². The van der Waals surface area contributed by atoms with E-state index in [4.69, 9.17) is 9.47 Å². The van der Waals surface area contributed by atoms with Gasteiger partial charge in [-0.2, -0.15) is 0 Å². The van der Waals surface area contributed by atoms with Crippen LogP contribution in [0.1, 0.15) is 18.4 Å². The molecule has 0 saturated heterocycles. The zero-order valence-corrected chi connectivity index (χ0v) is 12.0. The summed E-state index contributed by atoms with van der Waals surface area (Å²) in [6.07, 6.45) is 4.55. The predicted molar refractivity (Wildman–Crippen MR) is 77.4 cm³/mol. The summed E-state index contributed by atoms with van der Waals surface area (Å²) >= 11 is 0. The lowest BCUT2D eigenvalue weighted by atomic mass is 9.82. The summed E-state index contributed by atoms with van der Waals surface area (Å²) < 4.78 is 10.5. The number of rotatable bonds is 4. The molecule has 2 aliphatic rings. The van der Waals surface area contributed by atoms with Gasteiger partial charge in [-0.25, -0.2) is 0 Å². The fourth-order valence-corrected chi connectivity index (χ4v) is 2.75. The van der Waals surface area contributed by atoms with Gasteiger partial charge >= 0.3 is 5.97 Å². The highest BCUT2D eigenvalue weighted by Gasteiger charge is 2.33. The minimum absolute atomic E-state index is 0.208. The molecule has 1 aliphatic heterocycles. The van der Waals surface area contributed by atoms with Crippen LogP contribution < -0.4 is 14.8 Å². The molecule has 6 nitrogen and oxygen atoms in total. The third-order valence-corrected chi connectivity index (χ3v) is 3.99. The Morgan fingerprint density at radius 3 is 2.64 bits per heavy atom. The maximum Gasteiger partial charge on any atom is 0.307 e. The van der Waals surface area contributed by atoms with Gasteiger partial charge in [0, 0.05) is 6.54 Å². The number of fused-ring (bicyclic) bond motifs is 1. The molecule has 0 fully saturated rings. The Morgan fingerprint density at radius 2 is 1.86 bits per heavy atom. The first-order valence-electron chi connectivity index (χ1n) is 7.19. The van der Waals surface area contributed by atoms with Crippen LogP contribution in [-0.2, 0) is 16.1 Å². The van der Waals surface area contributed by atoms with E-state index in [-0.39, 0.29) is 12.7 Å². The predicted octanol–water partition coefficient (Wildman–Crippen LogP) is 1.70. The van der Waals surface area contributed by atoms with Gasteiger partial charge in [0.2, 0.25) is 12.7 Å². The second-order valence-electron chi connectivity index (χ2n) is 5.40. The number of carboxylic acids is 1. The first-order chi connectivity index (χ1) is 10.6. The average Bonchev–Trinajstić information content (AvgIpc) is 3.00. The summed E-state index contributed by atoms with van der Waals surface area (Å²) in [7, 11) is 0. The molecule has 0 radical (unpaired) electrons. The molecule has 1 heterocycles. The van der Waals surface area contributed by atoms with E-state index in [2.05, 4.69) is 5.32 Å². The largest absolute Gasteiger partial charge is 0.481 e. The summed E-state index contributed by atoms with van der Waals surface area (Å²) in [4.78, 5) is 23.5. The third-order valence-electron chi connectivity index (χ3n) is 3.99. The number of ether oxygens (including phenoxy) is 2. The van der Waals surface area contributed by atoms with Gasteiger partial charge in [0.1, 0.15) is 0 Å². The maximum absolute atomic E-state index is 12.3. The maximum atomic E-state index is 12.3. The molecule has 116 valence electrons. The lowest BCUT2D eigenvalue weighted by Crippen LogP contribution is -2.38. The Labute approximate surface area is 127 Å². The average molecular weight is 303 g/mol. The minimum Gasteiger partial charge on any atom is -0.481 e. The van der Waals surface area contributed by atoms with E-state index in [1.807, 2.05) is 24.3 Å². The van der Waals surface area contributed by atoms with Gasteiger partial charge in [-0.1, -0.05) is 18.2 Å². The Balaban J connectivity index is 1.62. The molecule has 0 unspecified atom stereocenters. The molecule has 2 N–H and O–H groups in total. The number of carbonyl (C=O) groups is 2. The van der Waals surface area contributed by atoms with Crippen molar-refractivity contribution in [3.63, 3.8) is 0 Å². The molecule has 1 aromatic carbocycles. The van der Waals surface area contributed by atoms with Gasteiger partial charge in [-0.05, 0) is 30.5 Å². The van der Waals surface area contributed by atoms with Gasteiger partial charge in [0.25, 0.3) is 0 Å². The van der Waals surface area contributed by atoms with Gasteiger partial charge in [-0.3, -0.25) is 9.59 Å². The number of hydrogen-bond donors (Lipinski definition) is 2. The van der Waals surface area contributed by atoms with Crippen molar-refractivity contribution < 1.29 is 24.2 Å². The third kappa shape index (κ3) is 2.90. The van der Waals surface area contributed by atoms with Crippen LogP contribution in [0.25, 0.3) is 0 Å². The van der Waals surface area contributed by atoms with E-state index >= 15 is 0 Å². The van der Waals surface area contributed by atoms with E-state index < -0.39 is 17.8 Å². The fraction of sp³-hybridized carbons (Fsp3) is 0.375. The molecule has 22 heavy (non-hydrogen) atoms. The minimum atomic E-state index is -0.924. The number of hydrogen-bond acceptors (Lipinski definition) is 4. The number of aliphatic carboxylic acids is 1. The lowest BCUT2D eigenvalue weighted by molar-refractivity contribution is -0.147. The van der Waals surface area contributed by atoms with Crippen LogP contribution in [0, 0.1) is 11.8 Å². The van der Waals surface area contributed by atoms with Crippen LogP contribution in [0.5, 0.6) is 11.5 Å². The molecule has 0 saturated carbocycles. The zero-order valence-electron chi connectivity index (χ0n) is 12.0. The quantitative estimate of drug-likeness (QED) is 0.827. The van der Waals surface area contributed by atoms with Crippen LogP contribution >= 0.6 is 0 Å². The number of amides is 1. The molecule has 0 aromatic heterocycles. The first-order valence-corrected chi connectivity index (χ1v) is 7.19. The van der Waals surface area contributed by atoms with Crippen molar-refractivity contribution in [3.05, 3.63) is 35.9 Å². The van der Waals surface area contributed by atoms with E-state index in [0.29, 0.717) is 30.9 Å². The van der Waals surface area contributed by atoms with E-state index in [1.165, 1.54) is 0 Å². The normalized spacial score (nSPS) is 22.4. The Kier molecular flexibility index (Phi) is 4.00. The second kappa shape index (κ2) is 6.09. The molecular formula is C16H17NO5. The summed E-state index contributed by atoms with van der Waals surface area (Å²) in [5.74, 6) is -0.963. The topological polar surface area (TPSA) is 84.9 Å². The fourth-order valence-electron chi connectivity index (χ4n) is 2.75. The zero-order chi connectivity index (χ0) is 15.5. The SMILES string of the molecule is O=C(O)[C@@H]1CC=CC[C@H]1C(=O)NCc1ccc2c(c1)OCO2. The molecule has 3 rings (SSSR count). The summed E-state index contributed by atoms with van der Waals surface area (Å²) in [6.45, 7) is 0.544. The summed E-state index contributed by atoms with van der Waals surface area (Å²) in [5, 5.41) is 12.0. The van der Waals surface area contributed by atoms with Crippen molar-refractivity contribution >= 4 is 11.9 Å². The van der Waals surface area contributed by atoms with Crippen LogP contribution in [0.15, 0.2) is 30.4 Å². The second-order valence-corrected chi connectivity index (χ2v) is 5.40. The highest BCUT2D eigenvalue weighted by Crippen LogP contribution is 2.32. The van der Waals surface area contributed by atoms with E-state index in [0.717, 1.165) is 5.56 Å². The van der Waals surface area contributed by atoms with Crippen LogP contribution in [-0.4, -0.2) is 23.8 Å². The molecule has 1 aliphatic carbocycles. The van der Waals surface area contributed by atoms with Crippen molar-refractivity contribution in [3.8, 4) is 11.5 Å². The highest BCUT2D eigenvalue weighted by molar-refractivity contribution is 5.85. The van der Waals surface area contributed by atoms with Crippen LogP contribution in [0.4, 0.5) is 0 Å². The number of nitrogens with one attached hydrogen (secondary N) is 1. The molecular weight excluding hydrogens is 286 g/mol. The number of carboxylic acid groups (broad SMARTS) is 1. The van der Waals surface area contributed by atoms with Crippen LogP contribution in [0.3, 0.4) is 0 Å². The molecule has 0 bridgehead atoms. The van der Waals surface area contributed by atoms with Gasteiger partial charge in [0.05, 0.1) is 11.8 Å². The number of benzene rings is 1. The summed E-state index contributed by atoms with van der Waals surface area (Å²) in [5.41, 5.74) is 0.885. The van der Waals surface area contributed by atoms with Gasteiger partial charge in [0.15, 0.2) is 11.5 Å². The van der Waals surface area contributed by atoms with Crippen molar-refractivity contribution in [2.45, 2.75) is 19.4 Å². The van der Waals surface area contributed by atoms with Crippen molar-refractivity contribution in [2.75, 3.05) is 6.79 Å². The van der Waals surface area contributed by atoms with Crippen LogP contribution in [0.2, 0.25) is 0 Å². The molecule has 1 amide bonds. The van der Waals surface area contributed by atoms with E-state index in [9.17, 15) is 14.7 Å². The van der Waals surface area contributed by atoms with Gasteiger partial charge < -0.3 is 19.9 Å². The first kappa shape index (κ1) is 14.4. The highest BCUT2D eigenvalue weighted by atomic mass is 16.7.